The highest BCUT2D eigenvalue weighted by molar-refractivity contribution is 5.80. The first-order chi connectivity index (χ1) is 10.1. The van der Waals surface area contributed by atoms with E-state index >= 15 is 0 Å². The molecule has 1 unspecified atom stereocenters. The maximum atomic E-state index is 13.9. The first-order valence-corrected chi connectivity index (χ1v) is 7.01. The lowest BCUT2D eigenvalue weighted by Crippen LogP contribution is -2.38. The second-order valence-corrected chi connectivity index (χ2v) is 4.59. The van der Waals surface area contributed by atoms with Gasteiger partial charge in [-0.25, -0.2) is 4.39 Å². The third kappa shape index (κ3) is 6.10. The molecule has 5 nitrogen and oxygen atoms in total. The Labute approximate surface area is 124 Å². The molecule has 0 aliphatic rings. The van der Waals surface area contributed by atoms with Crippen molar-refractivity contribution in [3.63, 3.8) is 0 Å². The number of ether oxygens (including phenoxy) is 2. The molecule has 1 atom stereocenters. The van der Waals surface area contributed by atoms with Crippen molar-refractivity contribution in [3.05, 3.63) is 29.6 Å². The maximum Gasteiger partial charge on any atom is 0.260 e. The SMILES string of the molecule is CCNCc1ccc(OC(C)C(=O)NCCOC)c(F)c1. The number of halogens is 1. The van der Waals surface area contributed by atoms with Crippen LogP contribution in [0.5, 0.6) is 5.75 Å². The van der Waals surface area contributed by atoms with Crippen molar-refractivity contribution in [2.45, 2.75) is 26.5 Å². The fraction of sp³-hybridized carbons (Fsp3) is 0.533. The highest BCUT2D eigenvalue weighted by atomic mass is 19.1. The minimum Gasteiger partial charge on any atom is -0.478 e. The molecule has 21 heavy (non-hydrogen) atoms. The van der Waals surface area contributed by atoms with Crippen LogP contribution >= 0.6 is 0 Å². The summed E-state index contributed by atoms with van der Waals surface area (Å²) in [5, 5.41) is 5.76. The zero-order valence-electron chi connectivity index (χ0n) is 12.7. The predicted molar refractivity (Wildman–Crippen MR) is 78.8 cm³/mol. The molecule has 0 heterocycles. The Bertz CT molecular complexity index is 455. The van der Waals surface area contributed by atoms with Crippen LogP contribution in [0.3, 0.4) is 0 Å². The van der Waals surface area contributed by atoms with Crippen LogP contribution in [0.25, 0.3) is 0 Å². The Morgan fingerprint density at radius 2 is 2.19 bits per heavy atom. The van der Waals surface area contributed by atoms with Crippen LogP contribution < -0.4 is 15.4 Å². The molecule has 0 fully saturated rings. The molecule has 118 valence electrons. The van der Waals surface area contributed by atoms with Gasteiger partial charge in [-0.05, 0) is 31.2 Å². The molecule has 0 aliphatic carbocycles. The summed E-state index contributed by atoms with van der Waals surface area (Å²) in [6, 6.07) is 4.73. The molecule has 1 rings (SSSR count). The zero-order valence-corrected chi connectivity index (χ0v) is 12.7. The molecule has 2 N–H and O–H groups in total. The van der Waals surface area contributed by atoms with Crippen LogP contribution in [-0.4, -0.2) is 38.8 Å². The maximum absolute atomic E-state index is 13.9. The summed E-state index contributed by atoms with van der Waals surface area (Å²) in [7, 11) is 1.55. The molecule has 0 saturated heterocycles. The highest BCUT2D eigenvalue weighted by Gasteiger charge is 2.16. The third-order valence-electron chi connectivity index (χ3n) is 2.85. The van der Waals surface area contributed by atoms with E-state index in [0.29, 0.717) is 19.7 Å². The Morgan fingerprint density at radius 1 is 1.43 bits per heavy atom. The van der Waals surface area contributed by atoms with Crippen molar-refractivity contribution in [2.24, 2.45) is 0 Å². The Balaban J connectivity index is 2.55. The number of rotatable bonds is 9. The molecular weight excluding hydrogens is 275 g/mol. The molecule has 0 aliphatic heterocycles. The topological polar surface area (TPSA) is 59.6 Å². The van der Waals surface area contributed by atoms with Crippen molar-refractivity contribution in [2.75, 3.05) is 26.8 Å². The number of methoxy groups -OCH3 is 1. The van der Waals surface area contributed by atoms with E-state index in [1.54, 1.807) is 26.2 Å². The first kappa shape index (κ1) is 17.4. The Hall–Kier alpha value is -1.66. The second kappa shape index (κ2) is 9.31. The first-order valence-electron chi connectivity index (χ1n) is 7.01. The second-order valence-electron chi connectivity index (χ2n) is 4.59. The fourth-order valence-corrected chi connectivity index (χ4v) is 1.68. The average molecular weight is 298 g/mol. The largest absolute Gasteiger partial charge is 0.478 e. The van der Waals surface area contributed by atoms with Gasteiger partial charge >= 0.3 is 0 Å². The van der Waals surface area contributed by atoms with Gasteiger partial charge in [0, 0.05) is 20.2 Å². The van der Waals surface area contributed by atoms with Crippen molar-refractivity contribution in [1.82, 2.24) is 10.6 Å². The fourth-order valence-electron chi connectivity index (χ4n) is 1.68. The van der Waals surface area contributed by atoms with Crippen LogP contribution in [0.2, 0.25) is 0 Å². The van der Waals surface area contributed by atoms with Crippen LogP contribution in [0, 0.1) is 5.82 Å². The van der Waals surface area contributed by atoms with E-state index in [-0.39, 0.29) is 11.7 Å². The molecule has 0 spiro atoms. The lowest BCUT2D eigenvalue weighted by Gasteiger charge is -2.15. The molecule has 1 aromatic carbocycles. The molecule has 6 heteroatoms. The Morgan fingerprint density at radius 3 is 2.81 bits per heavy atom. The molecule has 0 radical (unpaired) electrons. The minimum absolute atomic E-state index is 0.0737. The zero-order chi connectivity index (χ0) is 15.7. The van der Waals surface area contributed by atoms with Gasteiger partial charge in [0.2, 0.25) is 0 Å². The summed E-state index contributed by atoms with van der Waals surface area (Å²) in [6.45, 7) is 5.80. The van der Waals surface area contributed by atoms with Crippen LogP contribution in [-0.2, 0) is 16.1 Å². The van der Waals surface area contributed by atoms with Gasteiger partial charge in [-0.15, -0.1) is 0 Å². The van der Waals surface area contributed by atoms with E-state index in [2.05, 4.69) is 10.6 Å². The summed E-state index contributed by atoms with van der Waals surface area (Å²) >= 11 is 0. The van der Waals surface area contributed by atoms with Crippen LogP contribution in [0.15, 0.2) is 18.2 Å². The minimum atomic E-state index is -0.768. The number of nitrogens with one attached hydrogen (secondary N) is 2. The normalized spacial score (nSPS) is 12.0. The van der Waals surface area contributed by atoms with Gasteiger partial charge in [-0.2, -0.15) is 0 Å². The molecule has 1 amide bonds. The average Bonchev–Trinajstić information content (AvgIpc) is 2.47. The van der Waals surface area contributed by atoms with E-state index in [1.165, 1.54) is 6.07 Å². The number of hydrogen-bond acceptors (Lipinski definition) is 4. The third-order valence-corrected chi connectivity index (χ3v) is 2.85. The van der Waals surface area contributed by atoms with E-state index in [9.17, 15) is 9.18 Å². The molecule has 1 aromatic rings. The van der Waals surface area contributed by atoms with Gasteiger partial charge in [-0.3, -0.25) is 4.79 Å². The van der Waals surface area contributed by atoms with E-state index in [4.69, 9.17) is 9.47 Å². The van der Waals surface area contributed by atoms with Crippen LogP contribution in [0.4, 0.5) is 4.39 Å². The van der Waals surface area contributed by atoms with Crippen molar-refractivity contribution in [3.8, 4) is 5.75 Å². The van der Waals surface area contributed by atoms with Crippen molar-refractivity contribution < 1.29 is 18.7 Å². The van der Waals surface area contributed by atoms with Gasteiger partial charge in [0.1, 0.15) is 0 Å². The van der Waals surface area contributed by atoms with Gasteiger partial charge in [0.15, 0.2) is 17.7 Å². The summed E-state index contributed by atoms with van der Waals surface area (Å²) in [6.07, 6.45) is -0.768. The number of hydrogen-bond donors (Lipinski definition) is 2. The lowest BCUT2D eigenvalue weighted by molar-refractivity contribution is -0.127. The number of benzene rings is 1. The van der Waals surface area contributed by atoms with Gasteiger partial charge in [0.05, 0.1) is 6.61 Å². The van der Waals surface area contributed by atoms with Crippen molar-refractivity contribution in [1.29, 1.82) is 0 Å². The summed E-state index contributed by atoms with van der Waals surface area (Å²) in [5.41, 5.74) is 0.832. The van der Waals surface area contributed by atoms with Crippen molar-refractivity contribution >= 4 is 5.91 Å². The van der Waals surface area contributed by atoms with E-state index in [0.717, 1.165) is 12.1 Å². The molecular formula is C15H23FN2O3. The highest BCUT2D eigenvalue weighted by Crippen LogP contribution is 2.19. The number of carbonyl (C=O) groups excluding carboxylic acids is 1. The monoisotopic (exact) mass is 298 g/mol. The van der Waals surface area contributed by atoms with Gasteiger partial charge in [0.25, 0.3) is 5.91 Å². The van der Waals surface area contributed by atoms with E-state index in [1.807, 2.05) is 6.92 Å². The number of amides is 1. The molecule has 0 bridgehead atoms. The summed E-state index contributed by atoms with van der Waals surface area (Å²) in [5.74, 6) is -0.699. The van der Waals surface area contributed by atoms with Gasteiger partial charge < -0.3 is 20.1 Å². The predicted octanol–water partition coefficient (Wildman–Crippen LogP) is 1.47. The Kier molecular flexibility index (Phi) is 7.71. The van der Waals surface area contributed by atoms with Crippen LogP contribution in [0.1, 0.15) is 19.4 Å². The lowest BCUT2D eigenvalue weighted by atomic mass is 10.2. The van der Waals surface area contributed by atoms with Gasteiger partial charge in [-0.1, -0.05) is 13.0 Å². The van der Waals surface area contributed by atoms with E-state index < -0.39 is 11.9 Å². The number of carbonyl (C=O) groups is 1. The molecule has 0 saturated carbocycles. The quantitative estimate of drug-likeness (QED) is 0.678. The molecule has 0 aromatic heterocycles. The summed E-state index contributed by atoms with van der Waals surface area (Å²) < 4.78 is 24.1. The standard InChI is InChI=1S/C15H23FN2O3/c1-4-17-10-12-5-6-14(13(16)9-12)21-11(2)15(19)18-7-8-20-3/h5-6,9,11,17H,4,7-8,10H2,1-3H3,(H,18,19). The summed E-state index contributed by atoms with van der Waals surface area (Å²) in [4.78, 5) is 11.7. The smallest absolute Gasteiger partial charge is 0.260 e.